The molecule has 1 aliphatic heterocycles. The van der Waals surface area contributed by atoms with E-state index in [-0.39, 0.29) is 10.9 Å². The molecule has 1 unspecified atom stereocenters. The molecule has 1 aromatic rings. The van der Waals surface area contributed by atoms with Crippen molar-refractivity contribution >= 4 is 21.6 Å². The first-order valence-electron chi connectivity index (χ1n) is 7.19. The summed E-state index contributed by atoms with van der Waals surface area (Å²) in [6.45, 7) is 0.130. The van der Waals surface area contributed by atoms with Crippen LogP contribution in [0, 0.1) is 0 Å². The van der Waals surface area contributed by atoms with Crippen LogP contribution in [0.3, 0.4) is 0 Å². The summed E-state index contributed by atoms with van der Waals surface area (Å²) in [6, 6.07) is 2.99. The second-order valence-electron chi connectivity index (χ2n) is 6.02. The lowest BCUT2D eigenvalue weighted by atomic mass is 9.93. The number of halogens is 3. The Kier molecular flexibility index (Phi) is 3.93. The zero-order valence-electron chi connectivity index (χ0n) is 12.4. The molecule has 1 atom stereocenters. The van der Waals surface area contributed by atoms with Gasteiger partial charge in [0, 0.05) is 11.5 Å². The summed E-state index contributed by atoms with van der Waals surface area (Å²) in [4.78, 5) is -0.480. The van der Waals surface area contributed by atoms with Crippen LogP contribution in [-0.2, 0) is 10.0 Å². The number of alkyl halides is 2. The number of sulfonamides is 1. The van der Waals surface area contributed by atoms with Gasteiger partial charge in [-0.2, -0.15) is 4.31 Å². The van der Waals surface area contributed by atoms with Crippen molar-refractivity contribution < 1.29 is 22.3 Å². The van der Waals surface area contributed by atoms with Gasteiger partial charge < -0.3 is 5.11 Å². The lowest BCUT2D eigenvalue weighted by Gasteiger charge is -2.37. The zero-order chi connectivity index (χ0) is 17.0. The maximum absolute atomic E-state index is 13.0. The first-order chi connectivity index (χ1) is 10.6. The third-order valence-electron chi connectivity index (χ3n) is 4.37. The van der Waals surface area contributed by atoms with E-state index in [1.807, 2.05) is 13.0 Å². The number of hydrogen-bond acceptors (Lipinski definition) is 3. The Morgan fingerprint density at radius 1 is 1.35 bits per heavy atom. The maximum atomic E-state index is 13.0. The summed E-state index contributed by atoms with van der Waals surface area (Å²) >= 11 is 5.96. The molecule has 0 bridgehead atoms. The number of allylic oxidation sites excluding steroid dienone is 2. The summed E-state index contributed by atoms with van der Waals surface area (Å²) in [5.74, 6) is -3.55. The van der Waals surface area contributed by atoms with Crippen LogP contribution in [0.2, 0.25) is 5.02 Å². The molecule has 0 saturated carbocycles. The fraction of sp³-hybridized carbons (Fsp3) is 0.467. The van der Waals surface area contributed by atoms with E-state index in [0.717, 1.165) is 18.4 Å². The lowest BCUT2D eigenvalue weighted by Crippen LogP contribution is -2.58. The topological polar surface area (TPSA) is 57.6 Å². The van der Waals surface area contributed by atoms with E-state index in [9.17, 15) is 22.3 Å². The van der Waals surface area contributed by atoms with Gasteiger partial charge in [0.15, 0.2) is 0 Å². The summed E-state index contributed by atoms with van der Waals surface area (Å²) in [6.07, 6.45) is 3.64. The molecule has 1 aromatic carbocycles. The molecule has 1 heterocycles. The van der Waals surface area contributed by atoms with Crippen LogP contribution < -0.4 is 0 Å². The molecule has 0 spiro atoms. The maximum Gasteiger partial charge on any atom is 0.275 e. The summed E-state index contributed by atoms with van der Waals surface area (Å²) in [5, 5.41) is 10.3. The van der Waals surface area contributed by atoms with Crippen molar-refractivity contribution in [2.75, 3.05) is 13.1 Å². The van der Waals surface area contributed by atoms with Gasteiger partial charge in [-0.3, -0.25) is 0 Å². The fourth-order valence-corrected chi connectivity index (χ4v) is 5.20. The Morgan fingerprint density at radius 3 is 2.52 bits per heavy atom. The van der Waals surface area contributed by atoms with Gasteiger partial charge in [0.25, 0.3) is 5.92 Å². The largest absolute Gasteiger partial charge is 0.506 e. The zero-order valence-corrected chi connectivity index (χ0v) is 14.0. The average molecular weight is 364 g/mol. The minimum absolute atomic E-state index is 0.0842. The van der Waals surface area contributed by atoms with E-state index >= 15 is 0 Å². The van der Waals surface area contributed by atoms with Crippen molar-refractivity contribution in [1.29, 1.82) is 0 Å². The number of benzene rings is 1. The molecule has 23 heavy (non-hydrogen) atoms. The molecule has 3 rings (SSSR count). The van der Waals surface area contributed by atoms with Crippen molar-refractivity contribution in [3.63, 3.8) is 0 Å². The van der Waals surface area contributed by atoms with Gasteiger partial charge in [0.05, 0.1) is 18.1 Å². The Labute approximate surface area is 138 Å². The van der Waals surface area contributed by atoms with E-state index in [2.05, 4.69) is 0 Å². The molecule has 8 heteroatoms. The van der Waals surface area contributed by atoms with Crippen molar-refractivity contribution in [1.82, 2.24) is 4.31 Å². The molecule has 1 fully saturated rings. The van der Waals surface area contributed by atoms with Crippen LogP contribution in [0.25, 0.3) is 0 Å². The number of rotatable bonds is 3. The highest BCUT2D eigenvalue weighted by molar-refractivity contribution is 7.89. The van der Waals surface area contributed by atoms with Crippen molar-refractivity contribution in [2.24, 2.45) is 0 Å². The first kappa shape index (κ1) is 16.7. The van der Waals surface area contributed by atoms with E-state index in [0.29, 0.717) is 9.87 Å². The number of aromatic hydroxyl groups is 1. The van der Waals surface area contributed by atoms with Crippen molar-refractivity contribution in [3.05, 3.63) is 34.4 Å². The molecular weight excluding hydrogens is 348 g/mol. The highest BCUT2D eigenvalue weighted by Crippen LogP contribution is 2.45. The van der Waals surface area contributed by atoms with Gasteiger partial charge in [0.2, 0.25) is 10.0 Å². The normalized spacial score (nSPS) is 24.3. The Balaban J connectivity index is 2.04. The van der Waals surface area contributed by atoms with E-state index in [4.69, 9.17) is 11.6 Å². The molecule has 1 N–H and O–H groups in total. The van der Waals surface area contributed by atoms with Gasteiger partial charge in [-0.15, -0.1) is 0 Å². The molecule has 2 aliphatic rings. The van der Waals surface area contributed by atoms with Gasteiger partial charge in [-0.1, -0.05) is 29.3 Å². The second-order valence-corrected chi connectivity index (χ2v) is 8.30. The minimum Gasteiger partial charge on any atom is -0.506 e. The molecule has 1 aliphatic carbocycles. The number of hydrogen-bond donors (Lipinski definition) is 1. The lowest BCUT2D eigenvalue weighted by molar-refractivity contribution is -0.0945. The standard InChI is InChI=1S/C15H16ClF2NO3S/c1-9-3-2-4-10(9)11-5-6-12(16)14(13(11)20)23(21,22)19-7-15(17,18)8-19/h3,5-6,10,20H,2,4,7-8H2,1H3. The average Bonchev–Trinajstić information content (AvgIpc) is 2.82. The third kappa shape index (κ3) is 2.75. The Morgan fingerprint density at radius 2 is 2.00 bits per heavy atom. The van der Waals surface area contributed by atoms with Crippen LogP contribution in [0.4, 0.5) is 8.78 Å². The minimum atomic E-state index is -4.25. The van der Waals surface area contributed by atoms with Crippen molar-refractivity contribution in [3.8, 4) is 5.75 Å². The summed E-state index contributed by atoms with van der Waals surface area (Å²) < 4.78 is 51.7. The Hall–Kier alpha value is -1.18. The van der Waals surface area contributed by atoms with Crippen LogP contribution >= 0.6 is 11.6 Å². The van der Waals surface area contributed by atoms with Crippen LogP contribution in [0.15, 0.2) is 28.7 Å². The van der Waals surface area contributed by atoms with Crippen LogP contribution in [0.1, 0.15) is 31.2 Å². The highest BCUT2D eigenvalue weighted by Gasteiger charge is 2.51. The molecular formula is C15H16ClF2NO3S. The first-order valence-corrected chi connectivity index (χ1v) is 9.01. The second kappa shape index (κ2) is 5.43. The molecule has 4 nitrogen and oxygen atoms in total. The summed E-state index contributed by atoms with van der Waals surface area (Å²) in [7, 11) is -4.25. The smallest absolute Gasteiger partial charge is 0.275 e. The monoisotopic (exact) mass is 363 g/mol. The van der Waals surface area contributed by atoms with Gasteiger partial charge in [0.1, 0.15) is 10.6 Å². The Bertz CT molecular complexity index is 784. The van der Waals surface area contributed by atoms with Gasteiger partial charge in [-0.05, 0) is 25.8 Å². The van der Waals surface area contributed by atoms with E-state index in [1.165, 1.54) is 6.07 Å². The quantitative estimate of drug-likeness (QED) is 0.836. The molecule has 0 radical (unpaired) electrons. The molecule has 0 amide bonds. The molecule has 1 saturated heterocycles. The molecule has 126 valence electrons. The van der Waals surface area contributed by atoms with Crippen molar-refractivity contribution in [2.45, 2.75) is 36.5 Å². The highest BCUT2D eigenvalue weighted by atomic mass is 35.5. The fourth-order valence-electron chi connectivity index (χ4n) is 3.11. The van der Waals surface area contributed by atoms with E-state index < -0.39 is 39.7 Å². The predicted molar refractivity (Wildman–Crippen MR) is 82.6 cm³/mol. The van der Waals surface area contributed by atoms with Crippen LogP contribution in [0.5, 0.6) is 5.75 Å². The summed E-state index contributed by atoms with van der Waals surface area (Å²) in [5.41, 5.74) is 1.51. The van der Waals surface area contributed by atoms with Crippen LogP contribution in [-0.4, -0.2) is 36.8 Å². The SMILES string of the molecule is CC1=CCCC1c1ccc(Cl)c(S(=O)(=O)N2CC(F)(F)C2)c1O. The van der Waals surface area contributed by atoms with Gasteiger partial charge >= 0.3 is 0 Å². The number of phenolic OH excluding ortho intramolecular Hbond substituents is 1. The third-order valence-corrected chi connectivity index (χ3v) is 6.67. The predicted octanol–water partition coefficient (Wildman–Crippen LogP) is 3.51. The number of nitrogens with zero attached hydrogens (tertiary/aromatic N) is 1. The number of phenols is 1. The van der Waals surface area contributed by atoms with Gasteiger partial charge in [-0.25, -0.2) is 17.2 Å². The van der Waals surface area contributed by atoms with E-state index in [1.54, 1.807) is 6.07 Å². The molecule has 0 aromatic heterocycles.